The molecule has 0 radical (unpaired) electrons. The zero-order valence-electron chi connectivity index (χ0n) is 12.9. The van der Waals surface area contributed by atoms with Gasteiger partial charge in [0.05, 0.1) is 37.5 Å². The first-order valence-corrected chi connectivity index (χ1v) is 7.37. The van der Waals surface area contributed by atoms with Gasteiger partial charge in [0.15, 0.2) is 17.4 Å². The topological polar surface area (TPSA) is 107 Å². The second kappa shape index (κ2) is 6.13. The molecule has 9 heteroatoms. The number of nitrogens with zero attached hydrogens (tertiary/aromatic N) is 5. The molecule has 122 valence electrons. The monoisotopic (exact) mass is 325 g/mol. The SMILES string of the molecule is COCCn1cc(Nc2nc(-c3ccco3)nc3cn[nH]c23)cn1. The van der Waals surface area contributed by atoms with Gasteiger partial charge in [-0.2, -0.15) is 10.2 Å². The maximum Gasteiger partial charge on any atom is 0.198 e. The van der Waals surface area contributed by atoms with Crippen LogP contribution in [0.4, 0.5) is 11.5 Å². The zero-order chi connectivity index (χ0) is 16.4. The lowest BCUT2D eigenvalue weighted by atomic mass is 10.3. The molecule has 4 rings (SSSR count). The fourth-order valence-electron chi connectivity index (χ4n) is 2.32. The number of nitrogens with one attached hydrogen (secondary N) is 2. The van der Waals surface area contributed by atoms with E-state index in [-0.39, 0.29) is 0 Å². The molecule has 24 heavy (non-hydrogen) atoms. The summed E-state index contributed by atoms with van der Waals surface area (Å²) in [6, 6.07) is 3.61. The summed E-state index contributed by atoms with van der Waals surface area (Å²) in [4.78, 5) is 8.98. The number of furan rings is 1. The molecule has 9 nitrogen and oxygen atoms in total. The number of methoxy groups -OCH3 is 1. The Morgan fingerprint density at radius 3 is 3.12 bits per heavy atom. The van der Waals surface area contributed by atoms with Gasteiger partial charge in [-0.3, -0.25) is 9.78 Å². The molecule has 0 unspecified atom stereocenters. The Balaban J connectivity index is 1.68. The van der Waals surface area contributed by atoms with Crippen molar-refractivity contribution in [1.82, 2.24) is 29.9 Å². The molecule has 4 aromatic heterocycles. The third-order valence-electron chi connectivity index (χ3n) is 3.46. The van der Waals surface area contributed by atoms with E-state index in [1.807, 2.05) is 12.3 Å². The van der Waals surface area contributed by atoms with Crippen LogP contribution in [0.15, 0.2) is 41.4 Å². The van der Waals surface area contributed by atoms with Crippen LogP contribution in [0, 0.1) is 0 Å². The van der Waals surface area contributed by atoms with Gasteiger partial charge in [0.25, 0.3) is 0 Å². The lowest BCUT2D eigenvalue weighted by Crippen LogP contribution is -2.04. The van der Waals surface area contributed by atoms with Crippen molar-refractivity contribution in [3.05, 3.63) is 37.0 Å². The van der Waals surface area contributed by atoms with Gasteiger partial charge < -0.3 is 14.5 Å². The minimum Gasteiger partial charge on any atom is -0.461 e. The molecule has 2 N–H and O–H groups in total. The first-order valence-electron chi connectivity index (χ1n) is 7.37. The number of aromatic nitrogens is 6. The third kappa shape index (κ3) is 2.72. The Labute approximate surface area is 136 Å². The summed E-state index contributed by atoms with van der Waals surface area (Å²) < 4.78 is 12.2. The van der Waals surface area contributed by atoms with Crippen molar-refractivity contribution in [1.29, 1.82) is 0 Å². The standard InChI is InChI=1S/C15H15N7O2/c1-23-6-4-22-9-10(7-17-22)18-15-13-11(8-16-21-13)19-14(20-15)12-3-2-5-24-12/h2-3,5,7-9H,4,6H2,1H3,(H,16,21)(H,18,19,20). The van der Waals surface area contributed by atoms with Crippen molar-refractivity contribution in [3.63, 3.8) is 0 Å². The molecule has 0 aliphatic carbocycles. The van der Waals surface area contributed by atoms with Crippen molar-refractivity contribution in [2.24, 2.45) is 0 Å². The number of anilines is 2. The highest BCUT2D eigenvalue weighted by Gasteiger charge is 2.13. The number of H-pyrrole nitrogens is 1. The molecule has 0 atom stereocenters. The summed E-state index contributed by atoms with van der Waals surface area (Å²) in [5.41, 5.74) is 2.23. The zero-order valence-corrected chi connectivity index (χ0v) is 12.9. The van der Waals surface area contributed by atoms with Gasteiger partial charge in [-0.05, 0) is 12.1 Å². The summed E-state index contributed by atoms with van der Waals surface area (Å²) in [7, 11) is 1.66. The fraction of sp³-hybridized carbons (Fsp3) is 0.200. The van der Waals surface area contributed by atoms with E-state index >= 15 is 0 Å². The van der Waals surface area contributed by atoms with Crippen LogP contribution in [-0.4, -0.2) is 43.7 Å². The fourth-order valence-corrected chi connectivity index (χ4v) is 2.32. The summed E-state index contributed by atoms with van der Waals surface area (Å²) in [5, 5.41) is 14.5. The minimum atomic E-state index is 0.489. The van der Waals surface area contributed by atoms with Crippen molar-refractivity contribution in [2.75, 3.05) is 19.0 Å². The number of hydrogen-bond donors (Lipinski definition) is 2. The quantitative estimate of drug-likeness (QED) is 0.559. The maximum absolute atomic E-state index is 5.38. The molecule has 0 amide bonds. The lowest BCUT2D eigenvalue weighted by Gasteiger charge is -2.05. The molecule has 0 aliphatic rings. The maximum atomic E-state index is 5.38. The van der Waals surface area contributed by atoms with Crippen LogP contribution in [0.5, 0.6) is 0 Å². The third-order valence-corrected chi connectivity index (χ3v) is 3.46. The van der Waals surface area contributed by atoms with Gasteiger partial charge in [-0.25, -0.2) is 9.97 Å². The van der Waals surface area contributed by atoms with E-state index in [1.165, 1.54) is 0 Å². The van der Waals surface area contributed by atoms with E-state index in [2.05, 4.69) is 30.6 Å². The lowest BCUT2D eigenvalue weighted by molar-refractivity contribution is 0.183. The molecule has 0 fully saturated rings. The van der Waals surface area contributed by atoms with Crippen LogP contribution < -0.4 is 5.32 Å². The van der Waals surface area contributed by atoms with Crippen molar-refractivity contribution in [2.45, 2.75) is 6.54 Å². The molecular weight excluding hydrogens is 310 g/mol. The van der Waals surface area contributed by atoms with Crippen LogP contribution in [-0.2, 0) is 11.3 Å². The van der Waals surface area contributed by atoms with Gasteiger partial charge in [0.1, 0.15) is 11.0 Å². The summed E-state index contributed by atoms with van der Waals surface area (Å²) >= 11 is 0. The Hall–Kier alpha value is -3.20. The average molecular weight is 325 g/mol. The second-order valence-electron chi connectivity index (χ2n) is 5.11. The summed E-state index contributed by atoms with van der Waals surface area (Å²) in [5.74, 6) is 1.69. The van der Waals surface area contributed by atoms with Gasteiger partial charge in [0.2, 0.25) is 0 Å². The van der Waals surface area contributed by atoms with E-state index in [0.29, 0.717) is 36.1 Å². The molecule has 0 aliphatic heterocycles. The molecule has 4 aromatic rings. The van der Waals surface area contributed by atoms with Crippen molar-refractivity contribution < 1.29 is 9.15 Å². The predicted octanol–water partition coefficient (Wildman–Crippen LogP) is 2.20. The highest BCUT2D eigenvalue weighted by atomic mass is 16.5. The van der Waals surface area contributed by atoms with Crippen molar-refractivity contribution in [3.8, 4) is 11.6 Å². The highest BCUT2D eigenvalue weighted by Crippen LogP contribution is 2.25. The molecule has 0 bridgehead atoms. The largest absolute Gasteiger partial charge is 0.461 e. The number of ether oxygens (including phenoxy) is 1. The van der Waals surface area contributed by atoms with Crippen molar-refractivity contribution >= 4 is 22.5 Å². The van der Waals surface area contributed by atoms with E-state index < -0.39 is 0 Å². The van der Waals surface area contributed by atoms with E-state index in [4.69, 9.17) is 9.15 Å². The number of hydrogen-bond acceptors (Lipinski definition) is 7. The van der Waals surface area contributed by atoms with Crippen LogP contribution in [0.25, 0.3) is 22.6 Å². The Morgan fingerprint density at radius 2 is 2.29 bits per heavy atom. The first-order chi connectivity index (χ1) is 11.8. The van der Waals surface area contributed by atoms with Crippen LogP contribution in [0.1, 0.15) is 0 Å². The van der Waals surface area contributed by atoms with Crippen LogP contribution >= 0.6 is 0 Å². The molecule has 0 aromatic carbocycles. The smallest absolute Gasteiger partial charge is 0.198 e. The average Bonchev–Trinajstić information content (AvgIpc) is 3.33. The minimum absolute atomic E-state index is 0.489. The number of aromatic amines is 1. The van der Waals surface area contributed by atoms with Crippen LogP contribution in [0.2, 0.25) is 0 Å². The van der Waals surface area contributed by atoms with Crippen LogP contribution in [0.3, 0.4) is 0 Å². The Kier molecular flexibility index (Phi) is 3.67. The highest BCUT2D eigenvalue weighted by molar-refractivity contribution is 5.88. The molecule has 0 spiro atoms. The number of fused-ring (bicyclic) bond motifs is 1. The van der Waals surface area contributed by atoms with E-state index in [9.17, 15) is 0 Å². The molecular formula is C15H15N7O2. The normalized spacial score (nSPS) is 11.2. The summed E-state index contributed by atoms with van der Waals surface area (Å²) in [6.07, 6.45) is 6.85. The molecule has 4 heterocycles. The van der Waals surface area contributed by atoms with Gasteiger partial charge in [0, 0.05) is 13.3 Å². The molecule has 0 saturated heterocycles. The summed E-state index contributed by atoms with van der Waals surface area (Å²) in [6.45, 7) is 1.28. The first kappa shape index (κ1) is 14.4. The Morgan fingerprint density at radius 1 is 1.33 bits per heavy atom. The van der Waals surface area contributed by atoms with Gasteiger partial charge >= 0.3 is 0 Å². The van der Waals surface area contributed by atoms with Gasteiger partial charge in [-0.15, -0.1) is 0 Å². The van der Waals surface area contributed by atoms with E-state index in [1.54, 1.807) is 36.5 Å². The number of rotatable bonds is 6. The van der Waals surface area contributed by atoms with E-state index in [0.717, 1.165) is 11.2 Å². The molecule has 0 saturated carbocycles. The second-order valence-corrected chi connectivity index (χ2v) is 5.11. The van der Waals surface area contributed by atoms with Gasteiger partial charge in [-0.1, -0.05) is 0 Å². The Bertz CT molecular complexity index is 942. The predicted molar refractivity (Wildman–Crippen MR) is 86.8 cm³/mol.